The number of anilines is 1. The van der Waals surface area contributed by atoms with Gasteiger partial charge in [-0.05, 0) is 35.4 Å². The Balaban J connectivity index is 2.06. The van der Waals surface area contributed by atoms with Gasteiger partial charge in [0.05, 0.1) is 12.0 Å². The van der Waals surface area contributed by atoms with Crippen molar-refractivity contribution in [1.82, 2.24) is 5.32 Å². The first-order valence-electron chi connectivity index (χ1n) is 7.36. The standard InChI is InChI=1S/C18H17F3N2O2/c1-11(15-8-13(9-17(24)25)4-7-16(15)22)23-10-12-2-5-14(6-3-12)18(19,20)21/h2-8,23H,1,9-10,22H2,(H,24,25). The van der Waals surface area contributed by atoms with Crippen LogP contribution in [-0.4, -0.2) is 11.1 Å². The second kappa shape index (κ2) is 7.29. The number of halogens is 3. The van der Waals surface area contributed by atoms with Crippen LogP contribution in [0.3, 0.4) is 0 Å². The molecule has 0 saturated heterocycles. The van der Waals surface area contributed by atoms with Crippen LogP contribution in [0.1, 0.15) is 22.3 Å². The molecular weight excluding hydrogens is 333 g/mol. The molecule has 7 heteroatoms. The second-order valence-corrected chi connectivity index (χ2v) is 5.52. The Labute approximate surface area is 142 Å². The van der Waals surface area contributed by atoms with Gasteiger partial charge in [-0.25, -0.2) is 0 Å². The normalized spacial score (nSPS) is 11.2. The minimum absolute atomic E-state index is 0.139. The molecule has 0 aliphatic carbocycles. The summed E-state index contributed by atoms with van der Waals surface area (Å²) in [4.78, 5) is 10.8. The highest BCUT2D eigenvalue weighted by Gasteiger charge is 2.29. The molecule has 132 valence electrons. The maximum absolute atomic E-state index is 12.5. The molecule has 0 radical (unpaired) electrons. The lowest BCUT2D eigenvalue weighted by Gasteiger charge is -2.14. The first kappa shape index (κ1) is 18.4. The topological polar surface area (TPSA) is 75.3 Å². The van der Waals surface area contributed by atoms with Gasteiger partial charge in [-0.3, -0.25) is 4.79 Å². The molecule has 0 heterocycles. The first-order valence-corrected chi connectivity index (χ1v) is 7.36. The molecular formula is C18H17F3N2O2. The SMILES string of the molecule is C=C(NCc1ccc(C(F)(F)F)cc1)c1cc(CC(=O)O)ccc1N. The zero-order valence-corrected chi connectivity index (χ0v) is 13.2. The van der Waals surface area contributed by atoms with E-state index in [0.717, 1.165) is 12.1 Å². The number of nitrogens with two attached hydrogens (primary N) is 1. The Bertz CT molecular complexity index is 784. The predicted octanol–water partition coefficient (Wildman–Crippen LogP) is 3.68. The van der Waals surface area contributed by atoms with Crippen molar-refractivity contribution < 1.29 is 23.1 Å². The maximum Gasteiger partial charge on any atom is 0.416 e. The van der Waals surface area contributed by atoms with Gasteiger partial charge in [0, 0.05) is 23.5 Å². The van der Waals surface area contributed by atoms with E-state index in [1.807, 2.05) is 0 Å². The van der Waals surface area contributed by atoms with Crippen LogP contribution >= 0.6 is 0 Å². The van der Waals surface area contributed by atoms with Crippen molar-refractivity contribution in [1.29, 1.82) is 0 Å². The average Bonchev–Trinajstić information content (AvgIpc) is 2.53. The third kappa shape index (κ3) is 5.00. The lowest BCUT2D eigenvalue weighted by atomic mass is 10.0. The monoisotopic (exact) mass is 350 g/mol. The summed E-state index contributed by atoms with van der Waals surface area (Å²) in [6.07, 6.45) is -4.51. The highest BCUT2D eigenvalue weighted by Crippen LogP contribution is 2.29. The van der Waals surface area contributed by atoms with Gasteiger partial charge in [-0.2, -0.15) is 13.2 Å². The summed E-state index contributed by atoms with van der Waals surface area (Å²) < 4.78 is 37.6. The number of carboxylic acids is 1. The molecule has 4 nitrogen and oxygen atoms in total. The molecule has 0 saturated carbocycles. The van der Waals surface area contributed by atoms with Crippen molar-refractivity contribution >= 4 is 17.4 Å². The van der Waals surface area contributed by atoms with Gasteiger partial charge in [-0.1, -0.05) is 24.8 Å². The van der Waals surface area contributed by atoms with Crippen molar-refractivity contribution in [2.75, 3.05) is 5.73 Å². The van der Waals surface area contributed by atoms with Crippen molar-refractivity contribution in [2.45, 2.75) is 19.1 Å². The number of carboxylic acid groups (broad SMARTS) is 1. The first-order chi connectivity index (χ1) is 11.7. The molecule has 4 N–H and O–H groups in total. The van der Waals surface area contributed by atoms with E-state index < -0.39 is 17.7 Å². The van der Waals surface area contributed by atoms with Gasteiger partial charge in [0.25, 0.3) is 0 Å². The van der Waals surface area contributed by atoms with Crippen LogP contribution in [0.15, 0.2) is 49.0 Å². The molecule has 0 aromatic heterocycles. The molecule has 0 fully saturated rings. The quantitative estimate of drug-likeness (QED) is 0.695. The van der Waals surface area contributed by atoms with E-state index in [-0.39, 0.29) is 13.0 Å². The number of hydrogen-bond donors (Lipinski definition) is 3. The summed E-state index contributed by atoms with van der Waals surface area (Å²) in [6, 6.07) is 9.64. The van der Waals surface area contributed by atoms with Crippen molar-refractivity contribution in [3.8, 4) is 0 Å². The molecule has 0 amide bonds. The Hall–Kier alpha value is -2.96. The molecule has 2 rings (SSSR count). The third-order valence-corrected chi connectivity index (χ3v) is 3.59. The fourth-order valence-corrected chi connectivity index (χ4v) is 2.26. The zero-order valence-electron chi connectivity index (χ0n) is 13.2. The van der Waals surface area contributed by atoms with E-state index >= 15 is 0 Å². The minimum Gasteiger partial charge on any atom is -0.481 e. The van der Waals surface area contributed by atoms with Crippen LogP contribution in [-0.2, 0) is 23.9 Å². The maximum atomic E-state index is 12.5. The lowest BCUT2D eigenvalue weighted by Crippen LogP contribution is -2.13. The number of alkyl halides is 3. The van der Waals surface area contributed by atoms with E-state index in [1.54, 1.807) is 18.2 Å². The molecule has 2 aromatic carbocycles. The average molecular weight is 350 g/mol. The number of benzene rings is 2. The Kier molecular flexibility index (Phi) is 5.36. The van der Waals surface area contributed by atoms with Gasteiger partial charge >= 0.3 is 12.1 Å². The highest BCUT2D eigenvalue weighted by molar-refractivity contribution is 5.75. The largest absolute Gasteiger partial charge is 0.481 e. The van der Waals surface area contributed by atoms with E-state index in [1.165, 1.54) is 12.1 Å². The summed E-state index contributed by atoms with van der Waals surface area (Å²) >= 11 is 0. The Morgan fingerprint density at radius 2 is 1.72 bits per heavy atom. The van der Waals surface area contributed by atoms with E-state index in [9.17, 15) is 18.0 Å². The number of nitrogen functional groups attached to an aromatic ring is 1. The number of nitrogens with one attached hydrogen (secondary N) is 1. The molecule has 0 atom stereocenters. The fourth-order valence-electron chi connectivity index (χ4n) is 2.26. The van der Waals surface area contributed by atoms with Gasteiger partial charge < -0.3 is 16.2 Å². The van der Waals surface area contributed by atoms with E-state index in [2.05, 4.69) is 11.9 Å². The van der Waals surface area contributed by atoms with E-state index in [4.69, 9.17) is 10.8 Å². The molecule has 25 heavy (non-hydrogen) atoms. The minimum atomic E-state index is -4.37. The van der Waals surface area contributed by atoms with Gasteiger partial charge in [0.2, 0.25) is 0 Å². The Morgan fingerprint density at radius 3 is 2.28 bits per heavy atom. The summed E-state index contributed by atoms with van der Waals surface area (Å²) in [6.45, 7) is 4.12. The predicted molar refractivity (Wildman–Crippen MR) is 89.5 cm³/mol. The van der Waals surface area contributed by atoms with Gasteiger partial charge in [0.15, 0.2) is 0 Å². The summed E-state index contributed by atoms with van der Waals surface area (Å²) in [5, 5.41) is 11.8. The second-order valence-electron chi connectivity index (χ2n) is 5.52. The fraction of sp³-hybridized carbons (Fsp3) is 0.167. The van der Waals surface area contributed by atoms with Crippen LogP contribution in [0, 0.1) is 0 Å². The van der Waals surface area contributed by atoms with Crippen molar-refractivity contribution in [2.24, 2.45) is 0 Å². The molecule has 0 spiro atoms. The van der Waals surface area contributed by atoms with Crippen LogP contribution in [0.5, 0.6) is 0 Å². The molecule has 0 aliphatic rings. The van der Waals surface area contributed by atoms with Gasteiger partial charge in [-0.15, -0.1) is 0 Å². The van der Waals surface area contributed by atoms with Gasteiger partial charge in [0.1, 0.15) is 0 Å². The number of rotatable bonds is 6. The molecule has 0 bridgehead atoms. The highest BCUT2D eigenvalue weighted by atomic mass is 19.4. The van der Waals surface area contributed by atoms with Crippen molar-refractivity contribution in [3.63, 3.8) is 0 Å². The van der Waals surface area contributed by atoms with Crippen LogP contribution < -0.4 is 11.1 Å². The molecule has 0 aliphatic heterocycles. The summed E-state index contributed by atoms with van der Waals surface area (Å²) in [5.74, 6) is -0.959. The zero-order chi connectivity index (χ0) is 18.6. The van der Waals surface area contributed by atoms with Crippen LogP contribution in [0.2, 0.25) is 0 Å². The van der Waals surface area contributed by atoms with Crippen molar-refractivity contribution in [3.05, 3.63) is 71.3 Å². The number of aliphatic carboxylic acids is 1. The third-order valence-electron chi connectivity index (χ3n) is 3.59. The number of hydrogen-bond acceptors (Lipinski definition) is 3. The number of carbonyl (C=O) groups is 1. The summed E-state index contributed by atoms with van der Waals surface area (Å²) in [5.41, 5.74) is 7.86. The molecule has 2 aromatic rings. The molecule has 0 unspecified atom stereocenters. The summed E-state index contributed by atoms with van der Waals surface area (Å²) in [7, 11) is 0. The van der Waals surface area contributed by atoms with Crippen LogP contribution in [0.4, 0.5) is 18.9 Å². The Morgan fingerprint density at radius 1 is 1.12 bits per heavy atom. The van der Waals surface area contributed by atoms with Crippen LogP contribution in [0.25, 0.3) is 5.70 Å². The smallest absolute Gasteiger partial charge is 0.416 e. The lowest BCUT2D eigenvalue weighted by molar-refractivity contribution is -0.138. The van der Waals surface area contributed by atoms with E-state index in [0.29, 0.717) is 28.1 Å².